The first-order chi connectivity index (χ1) is 23.0. The Morgan fingerprint density at radius 1 is 0.706 bits per heavy atom. The van der Waals surface area contributed by atoms with Crippen molar-refractivity contribution in [3.63, 3.8) is 0 Å². The maximum Gasteiger partial charge on any atom is 0.246 e. The van der Waals surface area contributed by atoms with Gasteiger partial charge in [0.2, 0.25) is 21.7 Å². The number of sulfone groups is 2. The molecule has 0 bridgehead atoms. The number of carbonyl (C=O) groups excluding carboxylic acids is 2. The number of carbonyl (C=O) groups is 2. The molecule has 0 aliphatic carbocycles. The summed E-state index contributed by atoms with van der Waals surface area (Å²) in [5.74, 6) is -1.28. The van der Waals surface area contributed by atoms with Crippen molar-refractivity contribution in [1.29, 1.82) is 0 Å². The number of anilines is 2. The minimum atomic E-state index is -4.33. The fourth-order valence-electron chi connectivity index (χ4n) is 3.83. The van der Waals surface area contributed by atoms with Gasteiger partial charge in [-0.25, -0.2) is 21.2 Å². The quantitative estimate of drug-likeness (QED) is 0.175. The fourth-order valence-corrected chi connectivity index (χ4v) is 9.09. The van der Waals surface area contributed by atoms with E-state index in [1.54, 1.807) is 6.07 Å². The van der Waals surface area contributed by atoms with E-state index in [1.807, 2.05) is 41.5 Å². The monoisotopic (exact) mass is 826 g/mol. The van der Waals surface area contributed by atoms with Gasteiger partial charge in [-0.2, -0.15) is 0 Å². The van der Waals surface area contributed by atoms with Crippen LogP contribution in [-0.4, -0.2) is 48.5 Å². The van der Waals surface area contributed by atoms with Crippen molar-refractivity contribution in [3.8, 4) is 0 Å². The van der Waals surface area contributed by atoms with Crippen molar-refractivity contribution in [2.24, 2.45) is 0 Å². The maximum absolute atomic E-state index is 14.1. The van der Waals surface area contributed by atoms with Crippen LogP contribution in [0.4, 0.5) is 16.0 Å². The molecule has 0 fully saturated rings. The average Bonchev–Trinajstić information content (AvgIpc) is 3.73. The lowest BCUT2D eigenvalue weighted by atomic mass is 9.93. The highest BCUT2D eigenvalue weighted by Crippen LogP contribution is 2.39. The molecule has 12 nitrogen and oxygen atoms in total. The van der Waals surface area contributed by atoms with Gasteiger partial charge < -0.3 is 19.7 Å². The lowest BCUT2D eigenvalue weighted by Crippen LogP contribution is -2.44. The molecular weight excluding hydrogens is 790 g/mol. The predicted molar refractivity (Wildman–Crippen MR) is 196 cm³/mol. The second-order valence-corrected chi connectivity index (χ2v) is 22.0. The minimum absolute atomic E-state index is 0.0565. The van der Waals surface area contributed by atoms with E-state index in [2.05, 4.69) is 20.9 Å². The molecule has 0 unspecified atom stereocenters. The van der Waals surface area contributed by atoms with Gasteiger partial charge in [-0.3, -0.25) is 9.59 Å². The second-order valence-electron chi connectivity index (χ2n) is 14.4. The van der Waals surface area contributed by atoms with Crippen LogP contribution in [0.15, 0.2) is 54.5 Å². The Morgan fingerprint density at radius 3 is 1.49 bits per heavy atom. The van der Waals surface area contributed by atoms with E-state index in [4.69, 9.17) is 43.8 Å². The molecule has 19 heteroatoms. The number of nitrogens with zero attached hydrogens (tertiary/aromatic N) is 2. The number of rotatable bonds is 8. The second kappa shape index (κ2) is 14.8. The van der Waals surface area contributed by atoms with Crippen molar-refractivity contribution in [2.75, 3.05) is 10.6 Å². The third-order valence-corrected chi connectivity index (χ3v) is 14.9. The highest BCUT2D eigenvalue weighted by molar-refractivity contribution is 7.95. The summed E-state index contributed by atoms with van der Waals surface area (Å²) in [4.78, 5) is 24.5. The van der Waals surface area contributed by atoms with Gasteiger partial charge in [-0.1, -0.05) is 86.7 Å². The zero-order chi connectivity index (χ0) is 39.1. The lowest BCUT2D eigenvalue weighted by Gasteiger charge is -2.23. The number of thiophene rings is 1. The van der Waals surface area contributed by atoms with Crippen LogP contribution >= 0.6 is 46.1 Å². The van der Waals surface area contributed by atoms with E-state index in [-0.39, 0.29) is 41.1 Å². The number of halogens is 4. The molecule has 280 valence electrons. The fraction of sp³-hybridized carbons (Fsp3) is 0.438. The molecule has 4 aromatic rings. The SMILES string of the molecule is CC(C)(C)c1cc(NC(=O)C(C)(C)S(=O)(=O)c2cc(Cl)c(Cl)s2)no1.CC(C)(C)c1cc(NC(=O)C(C)(C)S(=O)(=O)c2ccc(Cl)cc2F)no1. The van der Waals surface area contributed by atoms with Crippen LogP contribution in [0.5, 0.6) is 0 Å². The van der Waals surface area contributed by atoms with Crippen molar-refractivity contribution in [3.05, 3.63) is 68.1 Å². The van der Waals surface area contributed by atoms with Gasteiger partial charge >= 0.3 is 0 Å². The summed E-state index contributed by atoms with van der Waals surface area (Å²) >= 11 is 18.1. The molecule has 0 spiro atoms. The standard InChI is InChI=1S/C17H20ClFN2O4S.C15H18Cl2N2O4S2/c1-16(2,3)13-9-14(21-25-13)20-15(22)17(4,5)26(23,24)12-7-6-10(18)8-11(12)19;1-14(2,3)9-7-10(19-23-9)18-13(20)15(4,5)25(21,22)11-6-8(16)12(17)24-11/h6-9H,1-5H3,(H,20,21,22);6-7H,1-5H3,(H,18,19,20). The van der Waals surface area contributed by atoms with Crippen LogP contribution in [0.1, 0.15) is 80.8 Å². The van der Waals surface area contributed by atoms with Gasteiger partial charge in [0.25, 0.3) is 0 Å². The molecule has 0 aliphatic rings. The number of hydrogen-bond acceptors (Lipinski definition) is 11. The van der Waals surface area contributed by atoms with Gasteiger partial charge in [-0.05, 0) is 52.0 Å². The molecular formula is C32H38Cl3FN4O8S3. The first-order valence-corrected chi connectivity index (χ1v) is 19.9. The summed E-state index contributed by atoms with van der Waals surface area (Å²) in [5, 5.41) is 12.6. The van der Waals surface area contributed by atoms with E-state index >= 15 is 0 Å². The van der Waals surface area contributed by atoms with Gasteiger partial charge in [0.05, 0.1) is 5.02 Å². The highest BCUT2D eigenvalue weighted by Gasteiger charge is 2.45. The summed E-state index contributed by atoms with van der Waals surface area (Å²) in [5.41, 5.74) is -0.619. The zero-order valence-corrected chi connectivity index (χ0v) is 34.1. The Kier molecular flexibility index (Phi) is 12.3. The smallest absolute Gasteiger partial charge is 0.246 e. The molecule has 3 aromatic heterocycles. The number of amides is 2. The predicted octanol–water partition coefficient (Wildman–Crippen LogP) is 8.49. The van der Waals surface area contributed by atoms with Crippen LogP contribution in [0.25, 0.3) is 0 Å². The molecule has 2 amide bonds. The topological polar surface area (TPSA) is 179 Å². The Bertz CT molecular complexity index is 2140. The summed E-state index contributed by atoms with van der Waals surface area (Å²) in [6, 6.07) is 7.50. The summed E-state index contributed by atoms with van der Waals surface area (Å²) < 4.78 is 72.0. The van der Waals surface area contributed by atoms with Gasteiger partial charge in [-0.15, -0.1) is 11.3 Å². The molecule has 2 N–H and O–H groups in total. The number of nitrogens with one attached hydrogen (secondary N) is 2. The van der Waals surface area contributed by atoms with E-state index in [0.29, 0.717) is 11.5 Å². The van der Waals surface area contributed by atoms with Crippen molar-refractivity contribution in [2.45, 2.75) is 98.7 Å². The van der Waals surface area contributed by atoms with E-state index in [9.17, 15) is 30.8 Å². The van der Waals surface area contributed by atoms with E-state index in [0.717, 1.165) is 23.5 Å². The van der Waals surface area contributed by atoms with Gasteiger partial charge in [0, 0.05) is 28.0 Å². The normalized spacial score (nSPS) is 13.0. The van der Waals surface area contributed by atoms with E-state index < -0.39 is 51.7 Å². The summed E-state index contributed by atoms with van der Waals surface area (Å²) in [7, 11) is -8.33. The molecule has 3 heterocycles. The molecule has 0 saturated carbocycles. The Labute approximate surface area is 315 Å². The molecule has 0 atom stereocenters. The van der Waals surface area contributed by atoms with E-state index in [1.165, 1.54) is 45.9 Å². The van der Waals surface area contributed by atoms with Crippen LogP contribution in [0, 0.1) is 5.82 Å². The molecule has 0 aliphatic heterocycles. The van der Waals surface area contributed by atoms with Crippen LogP contribution in [-0.2, 0) is 40.1 Å². The highest BCUT2D eigenvalue weighted by atomic mass is 35.5. The molecule has 4 rings (SSSR count). The molecule has 0 radical (unpaired) electrons. The van der Waals surface area contributed by atoms with Crippen LogP contribution < -0.4 is 10.6 Å². The van der Waals surface area contributed by atoms with Crippen LogP contribution in [0.3, 0.4) is 0 Å². The molecule has 1 aromatic carbocycles. The number of hydrogen-bond donors (Lipinski definition) is 2. The average molecular weight is 828 g/mol. The Morgan fingerprint density at radius 2 is 1.14 bits per heavy atom. The number of aromatic nitrogens is 2. The Hall–Kier alpha value is -3.02. The van der Waals surface area contributed by atoms with Gasteiger partial charge in [0.15, 0.2) is 26.2 Å². The van der Waals surface area contributed by atoms with Crippen LogP contribution in [0.2, 0.25) is 14.4 Å². The Balaban J connectivity index is 0.000000276. The third-order valence-electron chi connectivity index (χ3n) is 7.49. The summed E-state index contributed by atoms with van der Waals surface area (Å²) in [6.45, 7) is 16.5. The first kappa shape index (κ1) is 42.4. The molecule has 51 heavy (non-hydrogen) atoms. The lowest BCUT2D eigenvalue weighted by molar-refractivity contribution is -0.118. The molecule has 0 saturated heterocycles. The van der Waals surface area contributed by atoms with Crippen molar-refractivity contribution in [1.82, 2.24) is 10.3 Å². The minimum Gasteiger partial charge on any atom is -0.359 e. The van der Waals surface area contributed by atoms with Crippen molar-refractivity contribution < 1.29 is 39.9 Å². The number of benzene rings is 1. The van der Waals surface area contributed by atoms with Gasteiger partial charge in [0.1, 0.15) is 35.5 Å². The van der Waals surface area contributed by atoms with Crippen molar-refractivity contribution >= 4 is 89.3 Å². The first-order valence-electron chi connectivity index (χ1n) is 15.0. The maximum atomic E-state index is 14.1. The summed E-state index contributed by atoms with van der Waals surface area (Å²) in [6.07, 6.45) is 0. The largest absolute Gasteiger partial charge is 0.359 e. The zero-order valence-electron chi connectivity index (χ0n) is 29.4. The third kappa shape index (κ3) is 9.14.